The second kappa shape index (κ2) is 9.27. The summed E-state index contributed by atoms with van der Waals surface area (Å²) in [5, 5.41) is 3.73. The molecule has 3 aromatic rings. The van der Waals surface area contributed by atoms with Gasteiger partial charge in [0.2, 0.25) is 0 Å². The van der Waals surface area contributed by atoms with Crippen LogP contribution in [0, 0.1) is 0 Å². The molecular weight excluding hydrogens is 336 g/mol. The van der Waals surface area contributed by atoms with Gasteiger partial charge in [-0.05, 0) is 28.4 Å². The van der Waals surface area contributed by atoms with Gasteiger partial charge in [-0.1, -0.05) is 91.0 Å². The summed E-state index contributed by atoms with van der Waals surface area (Å²) >= 11 is 0. The fourth-order valence-corrected chi connectivity index (χ4v) is 7.26. The SMILES string of the molecule is O=CCCCCO[Si](c1ccccc1)(c1ccccc1)c1ccccc1. The smallest absolute Gasteiger partial charge is 0.288 e. The van der Waals surface area contributed by atoms with Crippen molar-refractivity contribution in [3.8, 4) is 0 Å². The van der Waals surface area contributed by atoms with Crippen molar-refractivity contribution in [2.75, 3.05) is 6.61 Å². The maximum atomic E-state index is 10.6. The van der Waals surface area contributed by atoms with Crippen LogP contribution in [0.1, 0.15) is 19.3 Å². The lowest BCUT2D eigenvalue weighted by Gasteiger charge is -2.33. The maximum Gasteiger partial charge on any atom is 0.288 e. The normalized spacial score (nSPS) is 11.2. The zero-order chi connectivity index (χ0) is 18.1. The highest BCUT2D eigenvalue weighted by molar-refractivity contribution is 7.07. The van der Waals surface area contributed by atoms with E-state index >= 15 is 0 Å². The zero-order valence-electron chi connectivity index (χ0n) is 14.9. The first kappa shape index (κ1) is 18.3. The van der Waals surface area contributed by atoms with Gasteiger partial charge in [0.15, 0.2) is 0 Å². The van der Waals surface area contributed by atoms with Gasteiger partial charge in [-0.15, -0.1) is 0 Å². The Morgan fingerprint density at radius 1 is 0.654 bits per heavy atom. The monoisotopic (exact) mass is 360 g/mol. The predicted molar refractivity (Wildman–Crippen MR) is 110 cm³/mol. The first-order valence-corrected chi connectivity index (χ1v) is 11.0. The van der Waals surface area contributed by atoms with Crippen LogP contribution in [0.3, 0.4) is 0 Å². The quantitative estimate of drug-likeness (QED) is 0.254. The molecule has 0 atom stereocenters. The first-order valence-electron chi connectivity index (χ1n) is 9.12. The third-order valence-electron chi connectivity index (χ3n) is 4.58. The Morgan fingerprint density at radius 3 is 1.46 bits per heavy atom. The molecule has 0 spiro atoms. The van der Waals surface area contributed by atoms with E-state index in [9.17, 15) is 4.79 Å². The number of unbranched alkanes of at least 4 members (excludes halogenated alkanes) is 2. The molecule has 0 amide bonds. The molecule has 2 nitrogen and oxygen atoms in total. The Kier molecular flexibility index (Phi) is 6.53. The van der Waals surface area contributed by atoms with E-state index in [0.29, 0.717) is 13.0 Å². The van der Waals surface area contributed by atoms with E-state index < -0.39 is 8.32 Å². The number of aldehydes is 1. The summed E-state index contributed by atoms with van der Waals surface area (Å²) in [6.07, 6.45) is 3.34. The molecule has 0 aliphatic rings. The molecule has 0 radical (unpaired) electrons. The molecular formula is C23H24O2Si. The Labute approximate surface area is 156 Å². The number of carbonyl (C=O) groups excluding carboxylic acids is 1. The Balaban J connectivity index is 2.07. The zero-order valence-corrected chi connectivity index (χ0v) is 15.9. The fourth-order valence-electron chi connectivity index (χ4n) is 3.32. The molecule has 132 valence electrons. The van der Waals surface area contributed by atoms with Crippen LogP contribution in [0.15, 0.2) is 91.0 Å². The third kappa shape index (κ3) is 4.01. The Bertz CT molecular complexity index is 692. The number of benzene rings is 3. The van der Waals surface area contributed by atoms with Crippen LogP contribution in [-0.4, -0.2) is 21.2 Å². The minimum Gasteiger partial charge on any atom is -0.404 e. The molecule has 3 aromatic carbocycles. The lowest BCUT2D eigenvalue weighted by molar-refractivity contribution is -0.107. The van der Waals surface area contributed by atoms with Crippen molar-refractivity contribution in [1.82, 2.24) is 0 Å². The molecule has 0 fully saturated rings. The molecule has 0 heterocycles. The number of hydrogen-bond donors (Lipinski definition) is 0. The van der Waals surface area contributed by atoms with Crippen LogP contribution in [0.5, 0.6) is 0 Å². The summed E-state index contributed by atoms with van der Waals surface area (Å²) in [5.41, 5.74) is 0. The van der Waals surface area contributed by atoms with Crippen molar-refractivity contribution in [1.29, 1.82) is 0 Å². The number of hydrogen-bond acceptors (Lipinski definition) is 2. The van der Waals surface area contributed by atoms with Crippen LogP contribution in [0.2, 0.25) is 0 Å². The van der Waals surface area contributed by atoms with E-state index in [4.69, 9.17) is 4.43 Å². The molecule has 26 heavy (non-hydrogen) atoms. The average molecular weight is 361 g/mol. The highest BCUT2D eigenvalue weighted by Crippen LogP contribution is 2.11. The van der Waals surface area contributed by atoms with Crippen molar-refractivity contribution < 1.29 is 9.22 Å². The van der Waals surface area contributed by atoms with E-state index in [1.54, 1.807) is 0 Å². The lowest BCUT2D eigenvalue weighted by Crippen LogP contribution is -2.69. The molecule has 0 aromatic heterocycles. The van der Waals surface area contributed by atoms with E-state index in [1.807, 2.05) is 18.2 Å². The van der Waals surface area contributed by atoms with Gasteiger partial charge in [0.25, 0.3) is 8.32 Å². The lowest BCUT2D eigenvalue weighted by atomic mass is 10.3. The second-order valence-corrected chi connectivity index (χ2v) is 9.67. The summed E-state index contributed by atoms with van der Waals surface area (Å²) in [4.78, 5) is 10.6. The van der Waals surface area contributed by atoms with Gasteiger partial charge in [0, 0.05) is 13.0 Å². The van der Waals surface area contributed by atoms with Gasteiger partial charge in [0.05, 0.1) is 0 Å². The number of carbonyl (C=O) groups is 1. The second-order valence-electron chi connectivity index (χ2n) is 6.29. The van der Waals surface area contributed by atoms with E-state index in [0.717, 1.165) is 19.1 Å². The summed E-state index contributed by atoms with van der Waals surface area (Å²) in [5.74, 6) is 0. The van der Waals surface area contributed by atoms with Gasteiger partial charge in [0.1, 0.15) is 6.29 Å². The van der Waals surface area contributed by atoms with Crippen molar-refractivity contribution in [3.63, 3.8) is 0 Å². The molecule has 0 saturated carbocycles. The van der Waals surface area contributed by atoms with Crippen LogP contribution in [-0.2, 0) is 9.22 Å². The largest absolute Gasteiger partial charge is 0.404 e. The molecule has 0 aliphatic heterocycles. The van der Waals surface area contributed by atoms with Gasteiger partial charge < -0.3 is 9.22 Å². The standard InChI is InChI=1S/C23H24O2Si/c24-19-11-4-12-20-25-26(21-13-5-1-6-14-21,22-15-7-2-8-16-22)23-17-9-3-10-18-23/h1-3,5-10,13-19H,4,11-12,20H2. The van der Waals surface area contributed by atoms with E-state index in [1.165, 1.54) is 15.6 Å². The average Bonchev–Trinajstić information content (AvgIpc) is 2.73. The van der Waals surface area contributed by atoms with Gasteiger partial charge in [-0.3, -0.25) is 0 Å². The predicted octanol–water partition coefficient (Wildman–Crippen LogP) is 3.04. The van der Waals surface area contributed by atoms with Crippen molar-refractivity contribution >= 4 is 30.2 Å². The van der Waals surface area contributed by atoms with Crippen LogP contribution < -0.4 is 15.6 Å². The first-order chi connectivity index (χ1) is 12.9. The summed E-state index contributed by atoms with van der Waals surface area (Å²) < 4.78 is 6.76. The van der Waals surface area contributed by atoms with Crippen LogP contribution in [0.25, 0.3) is 0 Å². The van der Waals surface area contributed by atoms with Gasteiger partial charge >= 0.3 is 0 Å². The van der Waals surface area contributed by atoms with Gasteiger partial charge in [-0.25, -0.2) is 0 Å². The maximum absolute atomic E-state index is 10.6. The van der Waals surface area contributed by atoms with Crippen molar-refractivity contribution in [3.05, 3.63) is 91.0 Å². The topological polar surface area (TPSA) is 26.3 Å². The molecule has 0 N–H and O–H groups in total. The Hall–Kier alpha value is -2.49. The van der Waals surface area contributed by atoms with E-state index in [2.05, 4.69) is 72.8 Å². The molecule has 0 unspecified atom stereocenters. The third-order valence-corrected chi connectivity index (χ3v) is 8.65. The minimum absolute atomic E-state index is 0.597. The van der Waals surface area contributed by atoms with Gasteiger partial charge in [-0.2, -0.15) is 0 Å². The van der Waals surface area contributed by atoms with Crippen LogP contribution in [0.4, 0.5) is 0 Å². The Morgan fingerprint density at radius 2 is 1.08 bits per heavy atom. The number of rotatable bonds is 9. The minimum atomic E-state index is -2.57. The highest BCUT2D eigenvalue weighted by Gasteiger charge is 2.41. The summed E-state index contributed by atoms with van der Waals surface area (Å²) in [6, 6.07) is 31.7. The van der Waals surface area contributed by atoms with Crippen LogP contribution >= 0.6 is 0 Å². The molecule has 3 heteroatoms. The molecule has 0 aliphatic carbocycles. The summed E-state index contributed by atoms with van der Waals surface area (Å²) in [7, 11) is -2.57. The highest BCUT2D eigenvalue weighted by atomic mass is 28.4. The molecule has 0 bridgehead atoms. The van der Waals surface area contributed by atoms with E-state index in [-0.39, 0.29) is 0 Å². The molecule has 3 rings (SSSR count). The molecule has 0 saturated heterocycles. The van der Waals surface area contributed by atoms with Crippen molar-refractivity contribution in [2.24, 2.45) is 0 Å². The fraction of sp³-hybridized carbons (Fsp3) is 0.174. The summed E-state index contributed by atoms with van der Waals surface area (Å²) in [6.45, 7) is 0.652. The van der Waals surface area contributed by atoms with Crippen molar-refractivity contribution in [2.45, 2.75) is 19.3 Å².